The van der Waals surface area contributed by atoms with Gasteiger partial charge in [-0.25, -0.2) is 4.98 Å². The lowest BCUT2D eigenvalue weighted by molar-refractivity contribution is -0.147. The molecule has 0 saturated carbocycles. The van der Waals surface area contributed by atoms with Crippen LogP contribution < -0.4 is 5.56 Å². The summed E-state index contributed by atoms with van der Waals surface area (Å²) in [6.45, 7) is 4.20. The van der Waals surface area contributed by atoms with Crippen molar-refractivity contribution in [3.8, 4) is 11.4 Å². The van der Waals surface area contributed by atoms with Crippen LogP contribution in [0.1, 0.15) is 31.5 Å². The summed E-state index contributed by atoms with van der Waals surface area (Å²) in [4.78, 5) is 45.8. The number of Topliss-reactive ketones (excluding diaryl/α,β-unsaturated/α-hetero) is 1. The summed E-state index contributed by atoms with van der Waals surface area (Å²) < 4.78 is 0. The number of fused-ring (bicyclic) bond motifs is 1. The molecule has 0 bridgehead atoms. The number of hydrogen-bond donors (Lipinski definition) is 1. The first-order chi connectivity index (χ1) is 12.0. The van der Waals surface area contributed by atoms with Gasteiger partial charge in [0.1, 0.15) is 5.82 Å². The van der Waals surface area contributed by atoms with Crippen molar-refractivity contribution in [1.29, 1.82) is 0 Å². The average Bonchev–Trinajstić information content (AvgIpc) is 2.66. The van der Waals surface area contributed by atoms with Crippen molar-refractivity contribution < 1.29 is 9.59 Å². The molecule has 130 valence electrons. The van der Waals surface area contributed by atoms with Gasteiger partial charge in [-0.2, -0.15) is 0 Å². The Bertz CT molecular complexity index is 858. The summed E-state index contributed by atoms with van der Waals surface area (Å²) in [5.74, 6) is -0.671. The fraction of sp³-hybridized carbons (Fsp3) is 0.368. The van der Waals surface area contributed by atoms with Crippen molar-refractivity contribution in [3.05, 3.63) is 51.9 Å². The van der Waals surface area contributed by atoms with E-state index in [-0.39, 0.29) is 23.8 Å². The second-order valence-corrected chi connectivity index (χ2v) is 6.36. The fourth-order valence-electron chi connectivity index (χ4n) is 2.90. The van der Waals surface area contributed by atoms with Gasteiger partial charge in [0, 0.05) is 23.6 Å². The molecule has 1 atom stereocenters. The predicted molar refractivity (Wildman–Crippen MR) is 93.9 cm³/mol. The molecule has 25 heavy (non-hydrogen) atoms. The van der Waals surface area contributed by atoms with Crippen LogP contribution in [-0.2, 0) is 22.6 Å². The highest BCUT2D eigenvalue weighted by atomic mass is 16.2. The van der Waals surface area contributed by atoms with Gasteiger partial charge in [0.15, 0.2) is 0 Å². The number of ketones is 1. The standard InChI is InChI=1S/C19H21N3O3/c1-3-12(2)16(23)19(25)22-10-9-14-15(11-22)20-17(21-18(14)24)13-7-5-4-6-8-13/h4-8,12H,3,9-11H2,1-2H3,(H,20,21,24). The minimum absolute atomic E-state index is 0.177. The first-order valence-electron chi connectivity index (χ1n) is 8.51. The van der Waals surface area contributed by atoms with Crippen LogP contribution in [0.15, 0.2) is 35.1 Å². The van der Waals surface area contributed by atoms with Crippen LogP contribution in [0, 0.1) is 5.92 Å². The maximum absolute atomic E-state index is 12.4. The zero-order valence-corrected chi connectivity index (χ0v) is 14.4. The summed E-state index contributed by atoms with van der Waals surface area (Å²) >= 11 is 0. The third-order valence-corrected chi connectivity index (χ3v) is 4.68. The van der Waals surface area contributed by atoms with Gasteiger partial charge in [-0.05, 0) is 12.8 Å². The third-order valence-electron chi connectivity index (χ3n) is 4.68. The Balaban J connectivity index is 1.90. The maximum atomic E-state index is 12.4. The molecule has 6 heteroatoms. The molecule has 1 aromatic heterocycles. The molecule has 0 aliphatic carbocycles. The molecule has 1 aliphatic heterocycles. The van der Waals surface area contributed by atoms with E-state index in [0.29, 0.717) is 36.5 Å². The predicted octanol–water partition coefficient (Wildman–Crippen LogP) is 1.94. The quantitative estimate of drug-likeness (QED) is 0.863. The van der Waals surface area contributed by atoms with Crippen molar-refractivity contribution in [2.75, 3.05) is 6.54 Å². The number of H-pyrrole nitrogens is 1. The van der Waals surface area contributed by atoms with Gasteiger partial charge in [0.2, 0.25) is 5.78 Å². The number of aromatic amines is 1. The van der Waals surface area contributed by atoms with Gasteiger partial charge in [-0.1, -0.05) is 44.2 Å². The highest BCUT2D eigenvalue weighted by Gasteiger charge is 2.30. The molecule has 0 radical (unpaired) electrons. The Kier molecular flexibility index (Phi) is 4.79. The van der Waals surface area contributed by atoms with Crippen LogP contribution in [0.5, 0.6) is 0 Å². The number of hydrogen-bond acceptors (Lipinski definition) is 4. The third kappa shape index (κ3) is 3.38. The molecule has 3 rings (SSSR count). The Labute approximate surface area is 145 Å². The molecule has 0 spiro atoms. The lowest BCUT2D eigenvalue weighted by Crippen LogP contribution is -2.43. The first kappa shape index (κ1) is 17.1. The van der Waals surface area contributed by atoms with Crippen molar-refractivity contribution in [2.45, 2.75) is 33.2 Å². The number of carbonyl (C=O) groups is 2. The lowest BCUT2D eigenvalue weighted by Gasteiger charge is -2.28. The Morgan fingerprint density at radius 3 is 2.68 bits per heavy atom. The van der Waals surface area contributed by atoms with Gasteiger partial charge in [-0.15, -0.1) is 0 Å². The lowest BCUT2D eigenvalue weighted by atomic mass is 10.0. The van der Waals surface area contributed by atoms with Crippen LogP contribution in [0.4, 0.5) is 0 Å². The summed E-state index contributed by atoms with van der Waals surface area (Å²) in [6, 6.07) is 9.36. The molecule has 1 unspecified atom stereocenters. The highest BCUT2D eigenvalue weighted by molar-refractivity contribution is 6.36. The molecule has 6 nitrogen and oxygen atoms in total. The maximum Gasteiger partial charge on any atom is 0.290 e. The number of rotatable bonds is 4. The first-order valence-corrected chi connectivity index (χ1v) is 8.51. The summed E-state index contributed by atoms with van der Waals surface area (Å²) in [6.07, 6.45) is 1.04. The smallest absolute Gasteiger partial charge is 0.290 e. The van der Waals surface area contributed by atoms with Crippen LogP contribution in [-0.4, -0.2) is 33.1 Å². The van der Waals surface area contributed by atoms with Crippen LogP contribution in [0.2, 0.25) is 0 Å². The zero-order valence-electron chi connectivity index (χ0n) is 14.4. The topological polar surface area (TPSA) is 83.1 Å². The van der Waals surface area contributed by atoms with Gasteiger partial charge < -0.3 is 9.88 Å². The van der Waals surface area contributed by atoms with E-state index >= 15 is 0 Å². The van der Waals surface area contributed by atoms with Crippen molar-refractivity contribution in [2.24, 2.45) is 5.92 Å². The molecule has 1 aliphatic rings. The summed E-state index contributed by atoms with van der Waals surface area (Å²) in [5, 5.41) is 0. The van der Waals surface area contributed by atoms with E-state index in [1.54, 1.807) is 6.92 Å². The van der Waals surface area contributed by atoms with Crippen LogP contribution in [0.3, 0.4) is 0 Å². The molecular weight excluding hydrogens is 318 g/mol. The number of nitrogens with zero attached hydrogens (tertiary/aromatic N) is 2. The van der Waals surface area contributed by atoms with Gasteiger partial charge in [0.05, 0.1) is 12.2 Å². The van der Waals surface area contributed by atoms with E-state index in [9.17, 15) is 14.4 Å². The van der Waals surface area contributed by atoms with Crippen molar-refractivity contribution in [3.63, 3.8) is 0 Å². The highest BCUT2D eigenvalue weighted by Crippen LogP contribution is 2.19. The van der Waals surface area contributed by atoms with Crippen molar-refractivity contribution >= 4 is 11.7 Å². The number of aromatic nitrogens is 2. The van der Waals surface area contributed by atoms with E-state index in [2.05, 4.69) is 9.97 Å². The van der Waals surface area contributed by atoms with E-state index in [1.165, 1.54) is 4.90 Å². The molecule has 2 aromatic rings. The normalized spacial score (nSPS) is 14.7. The molecule has 0 saturated heterocycles. The van der Waals surface area contributed by atoms with Gasteiger partial charge >= 0.3 is 0 Å². The van der Waals surface area contributed by atoms with E-state index in [1.807, 2.05) is 37.3 Å². The Morgan fingerprint density at radius 1 is 1.28 bits per heavy atom. The minimum atomic E-state index is -0.483. The molecular formula is C19H21N3O3. The summed E-state index contributed by atoms with van der Waals surface area (Å²) in [5.41, 5.74) is 1.80. The minimum Gasteiger partial charge on any atom is -0.330 e. The number of benzene rings is 1. The molecule has 1 amide bonds. The SMILES string of the molecule is CCC(C)C(=O)C(=O)N1CCc2c(nc(-c3ccccc3)[nH]c2=O)C1. The van der Waals surface area contributed by atoms with Crippen LogP contribution in [0.25, 0.3) is 11.4 Å². The van der Waals surface area contributed by atoms with E-state index in [0.717, 1.165) is 5.56 Å². The molecule has 2 heterocycles. The fourth-order valence-corrected chi connectivity index (χ4v) is 2.90. The van der Waals surface area contributed by atoms with E-state index < -0.39 is 5.91 Å². The molecule has 1 aromatic carbocycles. The zero-order chi connectivity index (χ0) is 18.0. The monoisotopic (exact) mass is 339 g/mol. The second-order valence-electron chi connectivity index (χ2n) is 6.36. The van der Waals surface area contributed by atoms with Gasteiger partial charge in [0.25, 0.3) is 11.5 Å². The van der Waals surface area contributed by atoms with E-state index in [4.69, 9.17) is 0 Å². The summed E-state index contributed by atoms with van der Waals surface area (Å²) in [7, 11) is 0. The molecule has 0 fully saturated rings. The number of carbonyl (C=O) groups excluding carboxylic acids is 2. The number of nitrogens with one attached hydrogen (secondary N) is 1. The second kappa shape index (κ2) is 7.01. The Morgan fingerprint density at radius 2 is 2.00 bits per heavy atom. The Hall–Kier alpha value is -2.76. The van der Waals surface area contributed by atoms with Crippen LogP contribution >= 0.6 is 0 Å². The van der Waals surface area contributed by atoms with Crippen molar-refractivity contribution in [1.82, 2.24) is 14.9 Å². The van der Waals surface area contributed by atoms with Gasteiger partial charge in [-0.3, -0.25) is 14.4 Å². The molecule has 1 N–H and O–H groups in total. The number of amides is 1. The largest absolute Gasteiger partial charge is 0.330 e. The average molecular weight is 339 g/mol.